The third-order valence-corrected chi connectivity index (χ3v) is 2.05. The van der Waals surface area contributed by atoms with Gasteiger partial charge in [-0.2, -0.15) is 0 Å². The maximum atomic E-state index is 11.5. The molecule has 0 unspecified atom stereocenters. The molecule has 98 valence electrons. The molecule has 2 N–H and O–H groups in total. The van der Waals surface area contributed by atoms with Crippen molar-refractivity contribution in [3.8, 4) is 0 Å². The zero-order valence-electron chi connectivity index (χ0n) is 10.8. The minimum absolute atomic E-state index is 0.0936. The van der Waals surface area contributed by atoms with Crippen LogP contribution >= 0.6 is 0 Å². The summed E-state index contributed by atoms with van der Waals surface area (Å²) < 4.78 is 5.06. The molecule has 0 aliphatic rings. The molecule has 0 radical (unpaired) electrons. The Morgan fingerprint density at radius 3 is 2.50 bits per heavy atom. The summed E-state index contributed by atoms with van der Waals surface area (Å²) in [5, 5.41) is 11.4. The lowest BCUT2D eigenvalue weighted by atomic mass is 10.1. The first kappa shape index (κ1) is 14.0. The Hall–Kier alpha value is -2.11. The van der Waals surface area contributed by atoms with Gasteiger partial charge in [-0.05, 0) is 33.8 Å². The summed E-state index contributed by atoms with van der Waals surface area (Å²) in [6.07, 6.45) is 0.656. The van der Waals surface area contributed by atoms with E-state index in [1.165, 1.54) is 12.3 Å². The highest BCUT2D eigenvalue weighted by Gasteiger charge is 2.18. The monoisotopic (exact) mass is 252 g/mol. The van der Waals surface area contributed by atoms with Crippen molar-refractivity contribution in [1.29, 1.82) is 0 Å². The average Bonchev–Trinajstić information content (AvgIpc) is 2.17. The van der Waals surface area contributed by atoms with Crippen LogP contribution in [0.1, 0.15) is 36.7 Å². The number of nitrogens with zero attached hydrogens (tertiary/aromatic N) is 1. The summed E-state index contributed by atoms with van der Waals surface area (Å²) in [4.78, 5) is 26.4. The van der Waals surface area contributed by atoms with Crippen LogP contribution in [0.2, 0.25) is 0 Å². The molecular weight excluding hydrogens is 236 g/mol. The fourth-order valence-electron chi connectivity index (χ4n) is 1.29. The molecule has 0 saturated heterocycles. The molecule has 1 amide bonds. The average molecular weight is 252 g/mol. The fraction of sp³-hybridized carbons (Fsp3) is 0.417. The highest BCUT2D eigenvalue weighted by molar-refractivity contribution is 5.92. The van der Waals surface area contributed by atoms with E-state index in [9.17, 15) is 9.59 Å². The van der Waals surface area contributed by atoms with Gasteiger partial charge in [0, 0.05) is 11.8 Å². The van der Waals surface area contributed by atoms with E-state index in [1.54, 1.807) is 27.7 Å². The molecule has 1 aromatic rings. The van der Waals surface area contributed by atoms with E-state index in [4.69, 9.17) is 9.84 Å². The standard InChI is InChI=1S/C12H16N2O4/c1-7-8(10(15)16)5-6-13-9(7)14-11(17)18-12(2,3)4/h5-6H,1-4H3,(H,15,16)(H,13,14,17). The summed E-state index contributed by atoms with van der Waals surface area (Å²) in [5.74, 6) is -0.883. The number of carboxylic acid groups (broad SMARTS) is 1. The largest absolute Gasteiger partial charge is 0.478 e. The topological polar surface area (TPSA) is 88.5 Å². The molecule has 0 saturated carbocycles. The minimum atomic E-state index is -1.07. The predicted octanol–water partition coefficient (Wildman–Crippen LogP) is 2.44. The molecule has 1 rings (SSSR count). The van der Waals surface area contributed by atoms with Crippen molar-refractivity contribution >= 4 is 17.9 Å². The van der Waals surface area contributed by atoms with Gasteiger partial charge in [-0.25, -0.2) is 14.6 Å². The molecule has 6 heteroatoms. The van der Waals surface area contributed by atoms with E-state index in [0.717, 1.165) is 0 Å². The zero-order chi connectivity index (χ0) is 13.9. The molecule has 0 aliphatic carbocycles. The summed E-state index contributed by atoms with van der Waals surface area (Å²) in [6, 6.07) is 1.37. The van der Waals surface area contributed by atoms with Crippen LogP contribution in [0.15, 0.2) is 12.3 Å². The van der Waals surface area contributed by atoms with Gasteiger partial charge in [-0.1, -0.05) is 0 Å². The molecule has 1 aromatic heterocycles. The van der Waals surface area contributed by atoms with Crippen LogP contribution in [-0.4, -0.2) is 27.8 Å². The smallest absolute Gasteiger partial charge is 0.413 e. The van der Waals surface area contributed by atoms with Gasteiger partial charge in [0.15, 0.2) is 0 Å². The van der Waals surface area contributed by atoms with Gasteiger partial charge in [-0.3, -0.25) is 5.32 Å². The van der Waals surface area contributed by atoms with Gasteiger partial charge in [-0.15, -0.1) is 0 Å². The van der Waals surface area contributed by atoms with Crippen molar-refractivity contribution in [3.05, 3.63) is 23.4 Å². The van der Waals surface area contributed by atoms with Crippen molar-refractivity contribution < 1.29 is 19.4 Å². The highest BCUT2D eigenvalue weighted by Crippen LogP contribution is 2.17. The van der Waals surface area contributed by atoms with Gasteiger partial charge in [0.1, 0.15) is 11.4 Å². The molecular formula is C12H16N2O4. The van der Waals surface area contributed by atoms with Crippen molar-refractivity contribution in [3.63, 3.8) is 0 Å². The lowest BCUT2D eigenvalue weighted by Crippen LogP contribution is -2.27. The number of aromatic carboxylic acids is 1. The molecule has 0 fully saturated rings. The Morgan fingerprint density at radius 1 is 1.39 bits per heavy atom. The van der Waals surface area contributed by atoms with Crippen LogP contribution in [0.25, 0.3) is 0 Å². The van der Waals surface area contributed by atoms with Gasteiger partial charge in [0.05, 0.1) is 5.56 Å². The first-order valence-corrected chi connectivity index (χ1v) is 5.39. The second-order valence-electron chi connectivity index (χ2n) is 4.76. The van der Waals surface area contributed by atoms with Crippen LogP contribution in [0.3, 0.4) is 0 Å². The number of carbonyl (C=O) groups excluding carboxylic acids is 1. The van der Waals surface area contributed by atoms with Gasteiger partial charge < -0.3 is 9.84 Å². The van der Waals surface area contributed by atoms with Crippen LogP contribution < -0.4 is 5.32 Å². The molecule has 18 heavy (non-hydrogen) atoms. The third-order valence-electron chi connectivity index (χ3n) is 2.05. The van der Waals surface area contributed by atoms with Gasteiger partial charge >= 0.3 is 12.1 Å². The second kappa shape index (κ2) is 5.03. The highest BCUT2D eigenvalue weighted by atomic mass is 16.6. The Labute approximate surface area is 105 Å². The van der Waals surface area contributed by atoms with Crippen molar-refractivity contribution in [2.75, 3.05) is 5.32 Å². The summed E-state index contributed by atoms with van der Waals surface area (Å²) in [5.41, 5.74) is -0.144. The number of amides is 1. The molecule has 0 aliphatic heterocycles. The van der Waals surface area contributed by atoms with Gasteiger partial charge in [0.25, 0.3) is 0 Å². The predicted molar refractivity (Wildman–Crippen MR) is 65.8 cm³/mol. The Kier molecular flexibility index (Phi) is 3.90. The second-order valence-corrected chi connectivity index (χ2v) is 4.76. The summed E-state index contributed by atoms with van der Waals surface area (Å²) in [6.45, 7) is 6.78. The van der Waals surface area contributed by atoms with E-state index < -0.39 is 17.7 Å². The summed E-state index contributed by atoms with van der Waals surface area (Å²) >= 11 is 0. The number of aromatic nitrogens is 1. The van der Waals surface area contributed by atoms with E-state index in [-0.39, 0.29) is 11.4 Å². The normalized spacial score (nSPS) is 10.9. The molecule has 0 atom stereocenters. The number of nitrogens with one attached hydrogen (secondary N) is 1. The van der Waals surface area contributed by atoms with E-state index in [0.29, 0.717) is 5.56 Å². The fourth-order valence-corrected chi connectivity index (χ4v) is 1.29. The van der Waals surface area contributed by atoms with E-state index in [1.807, 2.05) is 0 Å². The minimum Gasteiger partial charge on any atom is -0.478 e. The quantitative estimate of drug-likeness (QED) is 0.843. The SMILES string of the molecule is Cc1c(C(=O)O)ccnc1NC(=O)OC(C)(C)C. The molecule has 6 nitrogen and oxygen atoms in total. The maximum Gasteiger partial charge on any atom is 0.413 e. The van der Waals surface area contributed by atoms with E-state index in [2.05, 4.69) is 10.3 Å². The number of rotatable bonds is 2. The number of hydrogen-bond donors (Lipinski definition) is 2. The molecule has 0 bridgehead atoms. The number of ether oxygens (including phenoxy) is 1. The Balaban J connectivity index is 2.89. The first-order valence-electron chi connectivity index (χ1n) is 5.39. The lowest BCUT2D eigenvalue weighted by Gasteiger charge is -2.20. The van der Waals surface area contributed by atoms with Crippen molar-refractivity contribution in [2.45, 2.75) is 33.3 Å². The third kappa shape index (κ3) is 3.73. The number of anilines is 1. The van der Waals surface area contributed by atoms with Crippen LogP contribution in [-0.2, 0) is 4.74 Å². The van der Waals surface area contributed by atoms with Crippen LogP contribution in [0, 0.1) is 6.92 Å². The lowest BCUT2D eigenvalue weighted by molar-refractivity contribution is 0.0631. The first-order chi connectivity index (χ1) is 8.20. The molecule has 0 aromatic carbocycles. The van der Waals surface area contributed by atoms with Crippen molar-refractivity contribution in [1.82, 2.24) is 4.98 Å². The Morgan fingerprint density at radius 2 is 2.00 bits per heavy atom. The number of carboxylic acids is 1. The molecule has 0 spiro atoms. The summed E-state index contributed by atoms with van der Waals surface area (Å²) in [7, 11) is 0. The van der Waals surface area contributed by atoms with Gasteiger partial charge in [0.2, 0.25) is 0 Å². The number of hydrogen-bond acceptors (Lipinski definition) is 4. The van der Waals surface area contributed by atoms with E-state index >= 15 is 0 Å². The van der Waals surface area contributed by atoms with Crippen LogP contribution in [0.4, 0.5) is 10.6 Å². The zero-order valence-corrected chi connectivity index (χ0v) is 10.8. The maximum absolute atomic E-state index is 11.5. The van der Waals surface area contributed by atoms with Crippen LogP contribution in [0.5, 0.6) is 0 Å². The number of carbonyl (C=O) groups is 2. The Bertz CT molecular complexity index is 477. The van der Waals surface area contributed by atoms with Crippen molar-refractivity contribution in [2.24, 2.45) is 0 Å². The molecule has 1 heterocycles. The number of pyridine rings is 1.